The van der Waals surface area contributed by atoms with Crippen molar-refractivity contribution in [1.82, 2.24) is 5.32 Å². The summed E-state index contributed by atoms with van der Waals surface area (Å²) in [5.41, 5.74) is 7.84. The van der Waals surface area contributed by atoms with Gasteiger partial charge in [-0.05, 0) is 32.3 Å². The SMILES string of the molecule is Cc1cccc([C@H](C)NC(=O)C2(N)CCCC2)c1. The number of amides is 1. The van der Waals surface area contributed by atoms with Crippen LogP contribution in [-0.2, 0) is 4.79 Å². The van der Waals surface area contributed by atoms with Crippen molar-refractivity contribution in [3.63, 3.8) is 0 Å². The number of nitrogens with one attached hydrogen (secondary N) is 1. The third-order valence-electron chi connectivity index (χ3n) is 3.84. The van der Waals surface area contributed by atoms with E-state index in [0.717, 1.165) is 31.2 Å². The first-order valence-electron chi connectivity index (χ1n) is 6.68. The van der Waals surface area contributed by atoms with Crippen molar-refractivity contribution in [2.24, 2.45) is 5.73 Å². The van der Waals surface area contributed by atoms with Gasteiger partial charge in [-0.3, -0.25) is 4.79 Å². The zero-order valence-electron chi connectivity index (χ0n) is 11.2. The Balaban J connectivity index is 2.03. The molecule has 3 heteroatoms. The van der Waals surface area contributed by atoms with Crippen molar-refractivity contribution in [2.75, 3.05) is 0 Å². The number of benzene rings is 1. The van der Waals surface area contributed by atoms with Crippen LogP contribution in [0, 0.1) is 6.92 Å². The molecule has 0 bridgehead atoms. The summed E-state index contributed by atoms with van der Waals surface area (Å²) >= 11 is 0. The molecule has 1 amide bonds. The molecular weight excluding hydrogens is 224 g/mol. The molecule has 1 aromatic carbocycles. The molecule has 0 radical (unpaired) electrons. The zero-order valence-corrected chi connectivity index (χ0v) is 11.2. The maximum absolute atomic E-state index is 12.2. The minimum atomic E-state index is -0.641. The monoisotopic (exact) mass is 246 g/mol. The van der Waals surface area contributed by atoms with E-state index in [-0.39, 0.29) is 11.9 Å². The van der Waals surface area contributed by atoms with Gasteiger partial charge in [-0.2, -0.15) is 0 Å². The summed E-state index contributed by atoms with van der Waals surface area (Å²) in [6, 6.07) is 8.22. The van der Waals surface area contributed by atoms with Gasteiger partial charge < -0.3 is 11.1 Å². The van der Waals surface area contributed by atoms with Gasteiger partial charge >= 0.3 is 0 Å². The van der Waals surface area contributed by atoms with Crippen molar-refractivity contribution in [3.05, 3.63) is 35.4 Å². The molecule has 0 spiro atoms. The number of hydrogen-bond acceptors (Lipinski definition) is 2. The predicted molar refractivity (Wildman–Crippen MR) is 73.1 cm³/mol. The van der Waals surface area contributed by atoms with Gasteiger partial charge in [0.15, 0.2) is 0 Å². The van der Waals surface area contributed by atoms with E-state index >= 15 is 0 Å². The van der Waals surface area contributed by atoms with Crippen LogP contribution in [0.15, 0.2) is 24.3 Å². The Labute approximate surface area is 109 Å². The highest BCUT2D eigenvalue weighted by Gasteiger charge is 2.37. The summed E-state index contributed by atoms with van der Waals surface area (Å²) in [6.07, 6.45) is 3.73. The Morgan fingerprint density at radius 3 is 2.67 bits per heavy atom. The number of hydrogen-bond donors (Lipinski definition) is 2. The third kappa shape index (κ3) is 2.72. The molecule has 1 fully saturated rings. The summed E-state index contributed by atoms with van der Waals surface area (Å²) in [5, 5.41) is 3.04. The minimum Gasteiger partial charge on any atom is -0.348 e. The quantitative estimate of drug-likeness (QED) is 0.860. The maximum atomic E-state index is 12.2. The molecular formula is C15H22N2O. The fraction of sp³-hybridized carbons (Fsp3) is 0.533. The van der Waals surface area contributed by atoms with Crippen LogP contribution in [0.1, 0.15) is 49.8 Å². The van der Waals surface area contributed by atoms with E-state index in [0.29, 0.717) is 0 Å². The largest absolute Gasteiger partial charge is 0.348 e. The second kappa shape index (κ2) is 5.11. The standard InChI is InChI=1S/C15H22N2O/c1-11-6-5-7-13(10-11)12(2)17-14(18)15(16)8-3-4-9-15/h5-7,10,12H,3-4,8-9,16H2,1-2H3,(H,17,18)/t12-/m0/s1. The molecule has 3 nitrogen and oxygen atoms in total. The Morgan fingerprint density at radius 2 is 2.06 bits per heavy atom. The molecule has 18 heavy (non-hydrogen) atoms. The zero-order chi connectivity index (χ0) is 13.2. The maximum Gasteiger partial charge on any atom is 0.240 e. The predicted octanol–water partition coefficient (Wildman–Crippen LogP) is 2.44. The van der Waals surface area contributed by atoms with Crippen LogP contribution < -0.4 is 11.1 Å². The molecule has 2 rings (SSSR count). The fourth-order valence-corrected chi connectivity index (χ4v) is 2.60. The van der Waals surface area contributed by atoms with E-state index in [1.807, 2.05) is 19.1 Å². The van der Waals surface area contributed by atoms with Gasteiger partial charge in [-0.15, -0.1) is 0 Å². The van der Waals surface area contributed by atoms with Gasteiger partial charge in [-0.1, -0.05) is 42.7 Å². The summed E-state index contributed by atoms with van der Waals surface area (Å²) in [6.45, 7) is 4.06. The number of rotatable bonds is 3. The molecule has 1 atom stereocenters. The molecule has 0 unspecified atom stereocenters. The van der Waals surface area contributed by atoms with Gasteiger partial charge in [0, 0.05) is 0 Å². The van der Waals surface area contributed by atoms with Crippen molar-refractivity contribution in [3.8, 4) is 0 Å². The molecule has 1 aromatic rings. The third-order valence-corrected chi connectivity index (χ3v) is 3.84. The Bertz CT molecular complexity index is 436. The summed E-state index contributed by atoms with van der Waals surface area (Å²) in [5.74, 6) is -0.00555. The summed E-state index contributed by atoms with van der Waals surface area (Å²) in [7, 11) is 0. The van der Waals surface area contributed by atoms with E-state index in [9.17, 15) is 4.79 Å². The van der Waals surface area contributed by atoms with Gasteiger partial charge in [-0.25, -0.2) is 0 Å². The topological polar surface area (TPSA) is 55.1 Å². The smallest absolute Gasteiger partial charge is 0.240 e. The first-order chi connectivity index (χ1) is 8.51. The number of carbonyl (C=O) groups excluding carboxylic acids is 1. The molecule has 0 heterocycles. The molecule has 98 valence electrons. The number of aryl methyl sites for hydroxylation is 1. The highest BCUT2D eigenvalue weighted by molar-refractivity contribution is 5.86. The Kier molecular flexibility index (Phi) is 3.71. The van der Waals surface area contributed by atoms with E-state index < -0.39 is 5.54 Å². The fourth-order valence-electron chi connectivity index (χ4n) is 2.60. The van der Waals surface area contributed by atoms with Gasteiger partial charge in [0.2, 0.25) is 5.91 Å². The number of carbonyl (C=O) groups is 1. The van der Waals surface area contributed by atoms with Crippen LogP contribution in [-0.4, -0.2) is 11.4 Å². The number of nitrogens with two attached hydrogens (primary N) is 1. The lowest BCUT2D eigenvalue weighted by Gasteiger charge is -2.25. The van der Waals surface area contributed by atoms with Gasteiger partial charge in [0.05, 0.1) is 11.6 Å². The average Bonchev–Trinajstić information content (AvgIpc) is 2.77. The molecule has 0 aliphatic heterocycles. The highest BCUT2D eigenvalue weighted by Crippen LogP contribution is 2.28. The molecule has 0 aromatic heterocycles. The van der Waals surface area contributed by atoms with Crippen LogP contribution in [0.3, 0.4) is 0 Å². The van der Waals surface area contributed by atoms with Crippen molar-refractivity contribution in [2.45, 2.75) is 51.1 Å². The molecule has 3 N–H and O–H groups in total. The Hall–Kier alpha value is -1.35. The van der Waals surface area contributed by atoms with Crippen molar-refractivity contribution in [1.29, 1.82) is 0 Å². The van der Waals surface area contributed by atoms with Crippen LogP contribution in [0.5, 0.6) is 0 Å². The molecule has 0 saturated heterocycles. The molecule has 1 aliphatic carbocycles. The minimum absolute atomic E-state index is 0.00555. The van der Waals surface area contributed by atoms with Crippen molar-refractivity contribution < 1.29 is 4.79 Å². The molecule has 1 aliphatic rings. The first-order valence-corrected chi connectivity index (χ1v) is 6.68. The lowest BCUT2D eigenvalue weighted by Crippen LogP contribution is -2.52. The van der Waals surface area contributed by atoms with E-state index in [4.69, 9.17) is 5.73 Å². The van der Waals surface area contributed by atoms with Crippen LogP contribution in [0.4, 0.5) is 0 Å². The first kappa shape index (κ1) is 13.1. The van der Waals surface area contributed by atoms with E-state index in [2.05, 4.69) is 24.4 Å². The highest BCUT2D eigenvalue weighted by atomic mass is 16.2. The van der Waals surface area contributed by atoms with E-state index in [1.165, 1.54) is 5.56 Å². The second-order valence-corrected chi connectivity index (χ2v) is 5.47. The normalized spacial score (nSPS) is 19.5. The van der Waals surface area contributed by atoms with Gasteiger partial charge in [0.1, 0.15) is 0 Å². The van der Waals surface area contributed by atoms with E-state index in [1.54, 1.807) is 0 Å². The summed E-state index contributed by atoms with van der Waals surface area (Å²) < 4.78 is 0. The summed E-state index contributed by atoms with van der Waals surface area (Å²) in [4.78, 5) is 12.2. The van der Waals surface area contributed by atoms with Crippen LogP contribution in [0.2, 0.25) is 0 Å². The van der Waals surface area contributed by atoms with Crippen molar-refractivity contribution >= 4 is 5.91 Å². The van der Waals surface area contributed by atoms with Gasteiger partial charge in [0.25, 0.3) is 0 Å². The Morgan fingerprint density at radius 1 is 1.39 bits per heavy atom. The second-order valence-electron chi connectivity index (χ2n) is 5.47. The lowest BCUT2D eigenvalue weighted by atomic mass is 9.97. The van der Waals surface area contributed by atoms with Crippen LogP contribution in [0.25, 0.3) is 0 Å². The van der Waals surface area contributed by atoms with Crippen LogP contribution >= 0.6 is 0 Å². The molecule has 1 saturated carbocycles. The average molecular weight is 246 g/mol. The lowest BCUT2D eigenvalue weighted by molar-refractivity contribution is -0.126.